The summed E-state index contributed by atoms with van der Waals surface area (Å²) in [6, 6.07) is 5.51. The Balaban J connectivity index is 2.00. The molecule has 1 unspecified atom stereocenters. The summed E-state index contributed by atoms with van der Waals surface area (Å²) in [7, 11) is 0. The fourth-order valence-corrected chi connectivity index (χ4v) is 2.68. The highest BCUT2D eigenvalue weighted by molar-refractivity contribution is 9.10. The zero-order valence-electron chi connectivity index (χ0n) is 10.0. The van der Waals surface area contributed by atoms with E-state index >= 15 is 0 Å². The fourth-order valence-electron chi connectivity index (χ4n) is 2.20. The van der Waals surface area contributed by atoms with E-state index in [1.54, 1.807) is 0 Å². The minimum absolute atomic E-state index is 0.188. The monoisotopic (exact) mass is 300 g/mol. The van der Waals surface area contributed by atoms with E-state index in [9.17, 15) is 4.39 Å². The first-order valence-electron chi connectivity index (χ1n) is 6.08. The van der Waals surface area contributed by atoms with Crippen molar-refractivity contribution in [2.75, 3.05) is 19.6 Å². The van der Waals surface area contributed by atoms with Gasteiger partial charge in [-0.25, -0.2) is 4.39 Å². The van der Waals surface area contributed by atoms with Crippen LogP contribution in [0.2, 0.25) is 0 Å². The molecule has 0 spiro atoms. The molecule has 1 aliphatic heterocycles. The molecule has 1 aliphatic rings. The predicted molar refractivity (Wildman–Crippen MR) is 71.5 cm³/mol. The Morgan fingerprint density at radius 1 is 1.53 bits per heavy atom. The molecule has 0 saturated carbocycles. The van der Waals surface area contributed by atoms with Crippen LogP contribution in [0.1, 0.15) is 18.9 Å². The highest BCUT2D eigenvalue weighted by Crippen LogP contribution is 2.20. The normalized spacial score (nSPS) is 21.7. The van der Waals surface area contributed by atoms with E-state index in [1.165, 1.54) is 12.1 Å². The van der Waals surface area contributed by atoms with Gasteiger partial charge >= 0.3 is 0 Å². The van der Waals surface area contributed by atoms with E-state index in [0.29, 0.717) is 6.04 Å². The van der Waals surface area contributed by atoms with Gasteiger partial charge in [-0.3, -0.25) is 4.90 Å². The maximum Gasteiger partial charge on any atom is 0.124 e. The molecular weight excluding hydrogens is 283 g/mol. The van der Waals surface area contributed by atoms with Gasteiger partial charge < -0.3 is 5.32 Å². The lowest BCUT2D eigenvalue weighted by Gasteiger charge is -2.33. The van der Waals surface area contributed by atoms with Gasteiger partial charge in [0.25, 0.3) is 0 Å². The van der Waals surface area contributed by atoms with Crippen molar-refractivity contribution >= 4 is 15.9 Å². The average Bonchev–Trinajstić information content (AvgIpc) is 2.33. The van der Waals surface area contributed by atoms with Crippen LogP contribution in [0, 0.1) is 5.82 Å². The average molecular weight is 301 g/mol. The second-order valence-electron chi connectivity index (χ2n) is 4.53. The first kappa shape index (κ1) is 13.0. The first-order valence-corrected chi connectivity index (χ1v) is 6.88. The Morgan fingerprint density at radius 2 is 2.35 bits per heavy atom. The van der Waals surface area contributed by atoms with Crippen LogP contribution >= 0.6 is 15.9 Å². The van der Waals surface area contributed by atoms with Crippen molar-refractivity contribution in [2.24, 2.45) is 0 Å². The van der Waals surface area contributed by atoms with E-state index < -0.39 is 0 Å². The highest BCUT2D eigenvalue weighted by Gasteiger charge is 2.18. The number of rotatable bonds is 3. The summed E-state index contributed by atoms with van der Waals surface area (Å²) in [4.78, 5) is 2.42. The van der Waals surface area contributed by atoms with Crippen molar-refractivity contribution in [3.8, 4) is 0 Å². The minimum Gasteiger partial charge on any atom is -0.311 e. The maximum absolute atomic E-state index is 13.0. The van der Waals surface area contributed by atoms with E-state index in [-0.39, 0.29) is 5.82 Å². The van der Waals surface area contributed by atoms with Gasteiger partial charge in [0.2, 0.25) is 0 Å². The van der Waals surface area contributed by atoms with Gasteiger partial charge in [-0.2, -0.15) is 0 Å². The first-order chi connectivity index (χ1) is 8.19. The number of benzene rings is 1. The number of hydrogen-bond acceptors (Lipinski definition) is 2. The molecule has 1 saturated heterocycles. The molecule has 1 aromatic rings. The molecule has 1 fully saturated rings. The number of nitrogens with zero attached hydrogens (tertiary/aromatic N) is 1. The Kier molecular flexibility index (Phi) is 4.54. The van der Waals surface area contributed by atoms with Crippen LogP contribution in [0.25, 0.3) is 0 Å². The van der Waals surface area contributed by atoms with Crippen LogP contribution in [0.5, 0.6) is 0 Å². The maximum atomic E-state index is 13.0. The quantitative estimate of drug-likeness (QED) is 0.923. The van der Waals surface area contributed by atoms with E-state index in [0.717, 1.165) is 42.6 Å². The summed E-state index contributed by atoms with van der Waals surface area (Å²) in [6.45, 7) is 6.26. The van der Waals surface area contributed by atoms with Crippen molar-refractivity contribution in [3.63, 3.8) is 0 Å². The fraction of sp³-hybridized carbons (Fsp3) is 0.538. The topological polar surface area (TPSA) is 15.3 Å². The summed E-state index contributed by atoms with van der Waals surface area (Å²) >= 11 is 3.42. The molecule has 0 amide bonds. The molecule has 94 valence electrons. The number of piperazine rings is 1. The SMILES string of the molecule is CCC1CN(Cc2ccc(F)cc2Br)CCN1. The van der Waals surface area contributed by atoms with Gasteiger partial charge in [0, 0.05) is 36.7 Å². The Morgan fingerprint density at radius 3 is 3.06 bits per heavy atom. The molecule has 17 heavy (non-hydrogen) atoms. The smallest absolute Gasteiger partial charge is 0.124 e. The lowest BCUT2D eigenvalue weighted by Crippen LogP contribution is -2.49. The number of nitrogens with one attached hydrogen (secondary N) is 1. The van der Waals surface area contributed by atoms with Gasteiger partial charge in [0.05, 0.1) is 0 Å². The Hall–Kier alpha value is -0.450. The van der Waals surface area contributed by atoms with Crippen molar-refractivity contribution < 1.29 is 4.39 Å². The molecule has 1 N–H and O–H groups in total. The standard InChI is InChI=1S/C13H18BrFN2/c1-2-12-9-17(6-5-16-12)8-10-3-4-11(15)7-13(10)14/h3-4,7,12,16H,2,5-6,8-9H2,1H3. The van der Waals surface area contributed by atoms with Crippen LogP contribution in [0.3, 0.4) is 0 Å². The van der Waals surface area contributed by atoms with Gasteiger partial charge in [0.1, 0.15) is 5.82 Å². The van der Waals surface area contributed by atoms with E-state index in [1.807, 2.05) is 6.07 Å². The van der Waals surface area contributed by atoms with Gasteiger partial charge in [-0.05, 0) is 24.1 Å². The third-order valence-corrected chi connectivity index (χ3v) is 3.98. The Bertz CT molecular complexity index is 384. The number of halogens is 2. The summed E-state index contributed by atoms with van der Waals surface area (Å²) < 4.78 is 13.9. The summed E-state index contributed by atoms with van der Waals surface area (Å²) in [5, 5.41) is 3.49. The van der Waals surface area contributed by atoms with E-state index in [2.05, 4.69) is 33.1 Å². The van der Waals surface area contributed by atoms with Crippen molar-refractivity contribution in [2.45, 2.75) is 25.9 Å². The van der Waals surface area contributed by atoms with Gasteiger partial charge in [-0.15, -0.1) is 0 Å². The Labute approximate surface area is 110 Å². The molecule has 1 heterocycles. The second kappa shape index (κ2) is 5.94. The molecule has 2 nitrogen and oxygen atoms in total. The molecule has 0 bridgehead atoms. The summed E-state index contributed by atoms with van der Waals surface area (Å²) in [5.74, 6) is -0.188. The molecule has 0 aliphatic carbocycles. The summed E-state index contributed by atoms with van der Waals surface area (Å²) in [6.07, 6.45) is 1.15. The highest BCUT2D eigenvalue weighted by atomic mass is 79.9. The van der Waals surface area contributed by atoms with Crippen LogP contribution in [0.15, 0.2) is 22.7 Å². The molecular formula is C13H18BrFN2. The molecule has 4 heteroatoms. The minimum atomic E-state index is -0.188. The summed E-state index contributed by atoms with van der Waals surface area (Å²) in [5.41, 5.74) is 1.16. The molecule has 0 radical (unpaired) electrons. The van der Waals surface area contributed by atoms with Gasteiger partial charge in [-0.1, -0.05) is 28.9 Å². The van der Waals surface area contributed by atoms with Crippen molar-refractivity contribution in [3.05, 3.63) is 34.1 Å². The lowest BCUT2D eigenvalue weighted by molar-refractivity contribution is 0.189. The third-order valence-electron chi connectivity index (χ3n) is 3.24. The van der Waals surface area contributed by atoms with Crippen LogP contribution in [-0.4, -0.2) is 30.6 Å². The van der Waals surface area contributed by atoms with Crippen molar-refractivity contribution in [1.29, 1.82) is 0 Å². The van der Waals surface area contributed by atoms with Crippen LogP contribution in [0.4, 0.5) is 4.39 Å². The molecule has 1 atom stereocenters. The number of hydrogen-bond donors (Lipinski definition) is 1. The van der Waals surface area contributed by atoms with Crippen LogP contribution < -0.4 is 5.32 Å². The van der Waals surface area contributed by atoms with Crippen molar-refractivity contribution in [1.82, 2.24) is 10.2 Å². The molecule has 0 aromatic heterocycles. The zero-order chi connectivity index (χ0) is 12.3. The molecule has 1 aromatic carbocycles. The second-order valence-corrected chi connectivity index (χ2v) is 5.38. The molecule has 2 rings (SSSR count). The van der Waals surface area contributed by atoms with Gasteiger partial charge in [0.15, 0.2) is 0 Å². The predicted octanol–water partition coefficient (Wildman–Crippen LogP) is 2.77. The lowest BCUT2D eigenvalue weighted by atomic mass is 10.1. The third kappa shape index (κ3) is 3.50. The largest absolute Gasteiger partial charge is 0.311 e. The van der Waals surface area contributed by atoms with Crippen LogP contribution in [-0.2, 0) is 6.54 Å². The van der Waals surface area contributed by atoms with E-state index in [4.69, 9.17) is 0 Å². The zero-order valence-corrected chi connectivity index (χ0v) is 11.6.